The van der Waals surface area contributed by atoms with Gasteiger partial charge in [0.1, 0.15) is 0 Å². The van der Waals surface area contributed by atoms with Crippen molar-refractivity contribution in [2.45, 2.75) is 6.92 Å². The Bertz CT molecular complexity index is 649. The molecule has 0 bridgehead atoms. The van der Waals surface area contributed by atoms with Crippen LogP contribution in [0.5, 0.6) is 0 Å². The average Bonchev–Trinajstić information content (AvgIpc) is 2.88. The molecule has 0 aliphatic carbocycles. The molecule has 19 heavy (non-hydrogen) atoms. The fraction of sp³-hybridized carbons (Fsp3) is 0.182. The van der Waals surface area contributed by atoms with Crippen LogP contribution in [0.15, 0.2) is 21.0 Å². The van der Waals surface area contributed by atoms with Crippen LogP contribution >= 0.6 is 27.3 Å². The van der Waals surface area contributed by atoms with Gasteiger partial charge in [-0.05, 0) is 28.9 Å². The molecular weight excluding hydrogens is 335 g/mol. The monoisotopic (exact) mass is 344 g/mol. The van der Waals surface area contributed by atoms with E-state index in [0.717, 1.165) is 9.15 Å². The van der Waals surface area contributed by atoms with E-state index >= 15 is 0 Å². The van der Waals surface area contributed by atoms with Gasteiger partial charge in [-0.25, -0.2) is 10.1 Å². The lowest BCUT2D eigenvalue weighted by Gasteiger charge is -1.95. The number of rotatable bonds is 3. The highest BCUT2D eigenvalue weighted by atomic mass is 79.9. The molecule has 1 amide bonds. The molecule has 100 valence electrons. The number of nitrogens with one attached hydrogen (secondary N) is 1. The van der Waals surface area contributed by atoms with Gasteiger partial charge >= 0.3 is 0 Å². The minimum Gasteiger partial charge on any atom is -0.266 e. The number of aromatic nitrogens is 2. The predicted molar refractivity (Wildman–Crippen MR) is 75.0 cm³/mol. The normalized spacial score (nSPS) is 11.2. The smallest absolute Gasteiger partial charge is 0.266 e. The highest BCUT2D eigenvalue weighted by molar-refractivity contribution is 9.10. The second-order valence-electron chi connectivity index (χ2n) is 3.74. The third-order valence-corrected chi connectivity index (χ3v) is 4.04. The van der Waals surface area contributed by atoms with Gasteiger partial charge in [-0.3, -0.25) is 4.79 Å². The van der Waals surface area contributed by atoms with E-state index in [-0.39, 0.29) is 11.5 Å². The molecule has 0 saturated carbocycles. The number of carbonyl (C=O) groups is 1. The van der Waals surface area contributed by atoms with Crippen molar-refractivity contribution in [1.82, 2.24) is 15.2 Å². The zero-order valence-corrected chi connectivity index (χ0v) is 12.5. The highest BCUT2D eigenvalue weighted by Crippen LogP contribution is 2.19. The van der Waals surface area contributed by atoms with Gasteiger partial charge in [-0.15, -0.1) is 11.3 Å². The van der Waals surface area contributed by atoms with Crippen LogP contribution in [-0.2, 0) is 7.05 Å². The van der Waals surface area contributed by atoms with Crippen LogP contribution in [0.4, 0.5) is 4.39 Å². The zero-order valence-electron chi connectivity index (χ0n) is 10.1. The van der Waals surface area contributed by atoms with Crippen LogP contribution in [0.25, 0.3) is 0 Å². The molecule has 0 atom stereocenters. The number of hydrazone groups is 1. The van der Waals surface area contributed by atoms with Crippen molar-refractivity contribution < 1.29 is 9.18 Å². The van der Waals surface area contributed by atoms with Crippen molar-refractivity contribution in [1.29, 1.82) is 0 Å². The summed E-state index contributed by atoms with van der Waals surface area (Å²) in [4.78, 5) is 12.2. The number of hydrogen-bond acceptors (Lipinski definition) is 4. The summed E-state index contributed by atoms with van der Waals surface area (Å²) in [5.74, 6) is -0.830. The van der Waals surface area contributed by atoms with Gasteiger partial charge in [0.25, 0.3) is 5.91 Å². The van der Waals surface area contributed by atoms with E-state index in [4.69, 9.17) is 0 Å². The maximum absolute atomic E-state index is 13.6. The van der Waals surface area contributed by atoms with Crippen LogP contribution < -0.4 is 5.43 Å². The van der Waals surface area contributed by atoms with Crippen LogP contribution in [0.3, 0.4) is 0 Å². The maximum Gasteiger partial charge on any atom is 0.281 e. The minimum absolute atomic E-state index is 0.259. The van der Waals surface area contributed by atoms with E-state index in [1.807, 2.05) is 0 Å². The van der Waals surface area contributed by atoms with Gasteiger partial charge in [0, 0.05) is 16.9 Å². The van der Waals surface area contributed by atoms with Gasteiger partial charge in [0.15, 0.2) is 0 Å². The highest BCUT2D eigenvalue weighted by Gasteiger charge is 2.11. The molecule has 0 fully saturated rings. The van der Waals surface area contributed by atoms with E-state index in [0.29, 0.717) is 10.6 Å². The summed E-state index contributed by atoms with van der Waals surface area (Å²) >= 11 is 4.55. The molecule has 0 aliphatic heterocycles. The van der Waals surface area contributed by atoms with Gasteiger partial charge in [0.05, 0.1) is 22.3 Å². The van der Waals surface area contributed by atoms with Crippen LogP contribution in [0.2, 0.25) is 0 Å². The number of hydrogen-bond donors (Lipinski definition) is 1. The molecule has 5 nitrogen and oxygen atoms in total. The number of thiophene rings is 1. The number of nitrogens with zero attached hydrogens (tertiary/aromatic N) is 3. The fourth-order valence-corrected chi connectivity index (χ4v) is 2.75. The summed E-state index contributed by atoms with van der Waals surface area (Å²) in [6.45, 7) is 1.67. The Morgan fingerprint density at radius 1 is 1.68 bits per heavy atom. The number of amides is 1. The van der Waals surface area contributed by atoms with E-state index in [1.165, 1.54) is 24.6 Å². The zero-order chi connectivity index (χ0) is 14.0. The maximum atomic E-state index is 13.6. The molecule has 2 heterocycles. The van der Waals surface area contributed by atoms with Gasteiger partial charge in [-0.1, -0.05) is 0 Å². The van der Waals surface area contributed by atoms with E-state index in [9.17, 15) is 9.18 Å². The van der Waals surface area contributed by atoms with Crippen molar-refractivity contribution in [3.05, 3.63) is 38.0 Å². The van der Waals surface area contributed by atoms with Crippen molar-refractivity contribution in [3.63, 3.8) is 0 Å². The first-order valence-electron chi connectivity index (χ1n) is 5.25. The van der Waals surface area contributed by atoms with Gasteiger partial charge < -0.3 is 0 Å². The summed E-state index contributed by atoms with van der Waals surface area (Å²) in [5, 5.41) is 9.43. The minimum atomic E-state index is -0.491. The molecule has 0 radical (unpaired) electrons. The van der Waals surface area contributed by atoms with Crippen molar-refractivity contribution >= 4 is 39.4 Å². The van der Waals surface area contributed by atoms with E-state index in [1.54, 1.807) is 18.4 Å². The summed E-state index contributed by atoms with van der Waals surface area (Å²) in [7, 11) is 1.50. The Labute approximate surface area is 121 Å². The first kappa shape index (κ1) is 13.9. The summed E-state index contributed by atoms with van der Waals surface area (Å²) in [6, 6.07) is 1.69. The summed E-state index contributed by atoms with van der Waals surface area (Å²) in [6.07, 6.45) is 1.25. The summed E-state index contributed by atoms with van der Waals surface area (Å²) < 4.78 is 15.5. The first-order valence-corrected chi connectivity index (χ1v) is 6.93. The second kappa shape index (κ2) is 5.62. The molecule has 0 aromatic carbocycles. The molecule has 2 rings (SSSR count). The standard InChI is InChI=1S/C11H10BrFN4OS/c1-6-8(10(13)17(2)16-6)4-14-15-11(18)9-3-7(12)5-19-9/h3-5H,1-2H3,(H,15,18). The molecule has 1 N–H and O–H groups in total. The van der Waals surface area contributed by atoms with Crippen LogP contribution in [0.1, 0.15) is 20.9 Å². The van der Waals surface area contributed by atoms with Gasteiger partial charge in [-0.2, -0.15) is 14.6 Å². The van der Waals surface area contributed by atoms with Crippen LogP contribution in [0, 0.1) is 12.9 Å². The van der Waals surface area contributed by atoms with Crippen molar-refractivity contribution in [2.75, 3.05) is 0 Å². The molecule has 0 saturated heterocycles. The quantitative estimate of drug-likeness (QED) is 0.686. The molecule has 2 aromatic rings. The molecule has 0 unspecified atom stereocenters. The lowest BCUT2D eigenvalue weighted by atomic mass is 10.3. The Kier molecular flexibility index (Phi) is 4.11. The predicted octanol–water partition coefficient (Wildman–Crippen LogP) is 2.46. The number of carbonyl (C=O) groups excluding carboxylic acids is 1. The molecule has 0 spiro atoms. The Morgan fingerprint density at radius 3 is 2.95 bits per heavy atom. The second-order valence-corrected chi connectivity index (χ2v) is 5.57. The third-order valence-electron chi connectivity index (χ3n) is 2.35. The van der Waals surface area contributed by atoms with Crippen molar-refractivity contribution in [2.24, 2.45) is 12.1 Å². The van der Waals surface area contributed by atoms with Crippen molar-refractivity contribution in [3.8, 4) is 0 Å². The third kappa shape index (κ3) is 3.07. The number of halogens is 2. The SMILES string of the molecule is Cc1nn(C)c(F)c1C=NNC(=O)c1cc(Br)cs1. The molecule has 0 aliphatic rings. The molecule has 2 aromatic heterocycles. The molecular formula is C11H10BrFN4OS. The average molecular weight is 345 g/mol. The summed E-state index contributed by atoms with van der Waals surface area (Å²) in [5.41, 5.74) is 3.11. The Morgan fingerprint density at radius 2 is 2.42 bits per heavy atom. The van der Waals surface area contributed by atoms with E-state index in [2.05, 4.69) is 31.6 Å². The molecule has 8 heteroatoms. The Hall–Kier alpha value is -1.54. The largest absolute Gasteiger partial charge is 0.281 e. The lowest BCUT2D eigenvalue weighted by Crippen LogP contribution is -2.16. The topological polar surface area (TPSA) is 59.3 Å². The Balaban J connectivity index is 2.06. The van der Waals surface area contributed by atoms with Gasteiger partial charge in [0.2, 0.25) is 5.95 Å². The fourth-order valence-electron chi connectivity index (χ4n) is 1.44. The lowest BCUT2D eigenvalue weighted by molar-refractivity contribution is 0.0959. The van der Waals surface area contributed by atoms with E-state index < -0.39 is 5.95 Å². The first-order chi connectivity index (χ1) is 8.99. The van der Waals surface area contributed by atoms with Crippen LogP contribution in [-0.4, -0.2) is 21.9 Å². The number of aryl methyl sites for hydroxylation is 2.